The molecule has 0 aromatic heterocycles. The Morgan fingerprint density at radius 3 is 1.95 bits per heavy atom. The van der Waals surface area contributed by atoms with E-state index in [4.69, 9.17) is 9.47 Å². The van der Waals surface area contributed by atoms with Gasteiger partial charge in [0.05, 0.1) is 30.5 Å². The molecule has 0 aliphatic rings. The summed E-state index contributed by atoms with van der Waals surface area (Å²) in [6, 6.07) is 0. The fraction of sp³-hybridized carbons (Fsp3) is 1.00. The molecule has 22 heavy (non-hydrogen) atoms. The van der Waals surface area contributed by atoms with Gasteiger partial charge in [-0.05, 0) is 51.9 Å². The summed E-state index contributed by atoms with van der Waals surface area (Å²) in [5.41, 5.74) is -0.501. The van der Waals surface area contributed by atoms with Gasteiger partial charge in [0, 0.05) is 0 Å². The van der Waals surface area contributed by atoms with E-state index in [0.29, 0.717) is 12.5 Å². The average Bonchev–Trinajstić information content (AvgIpc) is 2.33. The van der Waals surface area contributed by atoms with Crippen molar-refractivity contribution in [1.82, 2.24) is 0 Å². The first-order chi connectivity index (χ1) is 9.91. The van der Waals surface area contributed by atoms with Crippen LogP contribution < -0.4 is 0 Å². The Balaban J connectivity index is 4.70. The van der Waals surface area contributed by atoms with E-state index in [1.807, 2.05) is 13.8 Å². The van der Waals surface area contributed by atoms with E-state index in [1.165, 1.54) is 0 Å². The molecule has 0 spiro atoms. The van der Waals surface area contributed by atoms with Crippen molar-refractivity contribution in [3.8, 4) is 0 Å². The molecule has 134 valence electrons. The number of aliphatic hydroxyl groups excluding tert-OH is 1. The second-order valence-corrected chi connectivity index (χ2v) is 8.51. The molecule has 0 radical (unpaired) electrons. The summed E-state index contributed by atoms with van der Waals surface area (Å²) in [6.45, 7) is 19.4. The standard InChI is InChI=1S/C19H40O3/c1-10-11-16(14(2)3)22-19(8,9)13-18(6,7)17(20)12-21-15(4)5/h14-17,20H,10-13H2,1-9H3. The number of rotatable bonds is 11. The lowest BCUT2D eigenvalue weighted by atomic mass is 9.77. The minimum absolute atomic E-state index is 0.143. The van der Waals surface area contributed by atoms with Crippen molar-refractivity contribution in [2.75, 3.05) is 6.61 Å². The van der Waals surface area contributed by atoms with Crippen LogP contribution in [-0.2, 0) is 9.47 Å². The highest BCUT2D eigenvalue weighted by Crippen LogP contribution is 2.35. The molecular formula is C19H40O3. The molecule has 0 aliphatic heterocycles. The van der Waals surface area contributed by atoms with Crippen LogP contribution in [0.25, 0.3) is 0 Å². The van der Waals surface area contributed by atoms with Crippen LogP contribution in [0, 0.1) is 11.3 Å². The average molecular weight is 317 g/mol. The van der Waals surface area contributed by atoms with Gasteiger partial charge in [-0.2, -0.15) is 0 Å². The Hall–Kier alpha value is -0.120. The van der Waals surface area contributed by atoms with E-state index in [2.05, 4.69) is 48.5 Å². The zero-order valence-electron chi connectivity index (χ0n) is 16.4. The molecule has 2 atom stereocenters. The largest absolute Gasteiger partial charge is 0.390 e. The minimum Gasteiger partial charge on any atom is -0.390 e. The van der Waals surface area contributed by atoms with E-state index in [1.54, 1.807) is 0 Å². The first-order valence-corrected chi connectivity index (χ1v) is 8.88. The zero-order valence-corrected chi connectivity index (χ0v) is 16.4. The molecular weight excluding hydrogens is 276 g/mol. The van der Waals surface area contributed by atoms with Gasteiger partial charge in [-0.1, -0.05) is 41.0 Å². The van der Waals surface area contributed by atoms with Gasteiger partial charge in [0.15, 0.2) is 0 Å². The number of ether oxygens (including phenoxy) is 2. The summed E-state index contributed by atoms with van der Waals surface area (Å²) in [5.74, 6) is 0.511. The smallest absolute Gasteiger partial charge is 0.0825 e. The molecule has 0 saturated heterocycles. The van der Waals surface area contributed by atoms with E-state index < -0.39 is 6.10 Å². The second-order valence-electron chi connectivity index (χ2n) is 8.51. The Labute approximate surface area is 138 Å². The Bertz CT molecular complexity index is 295. The van der Waals surface area contributed by atoms with Crippen molar-refractivity contribution in [1.29, 1.82) is 0 Å². The van der Waals surface area contributed by atoms with Gasteiger partial charge in [0.2, 0.25) is 0 Å². The van der Waals surface area contributed by atoms with Crippen LogP contribution in [0.2, 0.25) is 0 Å². The molecule has 3 heteroatoms. The van der Waals surface area contributed by atoms with Gasteiger partial charge < -0.3 is 14.6 Å². The maximum atomic E-state index is 10.5. The quantitative estimate of drug-likeness (QED) is 0.594. The molecule has 0 bridgehead atoms. The van der Waals surface area contributed by atoms with E-state index in [9.17, 15) is 5.11 Å². The molecule has 0 aliphatic carbocycles. The molecule has 0 amide bonds. The van der Waals surface area contributed by atoms with Gasteiger partial charge in [0.1, 0.15) is 0 Å². The Kier molecular flexibility index (Phi) is 9.19. The molecule has 0 saturated carbocycles. The molecule has 0 fully saturated rings. The van der Waals surface area contributed by atoms with Gasteiger partial charge in [0.25, 0.3) is 0 Å². The van der Waals surface area contributed by atoms with Crippen LogP contribution in [0.15, 0.2) is 0 Å². The van der Waals surface area contributed by atoms with Crippen LogP contribution in [0.4, 0.5) is 0 Å². The highest BCUT2D eigenvalue weighted by molar-refractivity contribution is 4.86. The van der Waals surface area contributed by atoms with Crippen molar-refractivity contribution >= 4 is 0 Å². The fourth-order valence-electron chi connectivity index (χ4n) is 2.99. The van der Waals surface area contributed by atoms with Crippen molar-refractivity contribution in [2.45, 2.75) is 105 Å². The van der Waals surface area contributed by atoms with Crippen molar-refractivity contribution < 1.29 is 14.6 Å². The van der Waals surface area contributed by atoms with E-state index in [0.717, 1.165) is 19.3 Å². The van der Waals surface area contributed by atoms with Crippen LogP contribution in [0.5, 0.6) is 0 Å². The summed E-state index contributed by atoms with van der Waals surface area (Å²) < 4.78 is 12.0. The SMILES string of the molecule is CCCC(OC(C)(C)CC(C)(C)C(O)COC(C)C)C(C)C. The molecule has 0 aromatic rings. The third-order valence-corrected chi connectivity index (χ3v) is 4.16. The summed E-state index contributed by atoms with van der Waals surface area (Å²) in [7, 11) is 0. The van der Waals surface area contributed by atoms with Crippen LogP contribution in [0.3, 0.4) is 0 Å². The zero-order chi connectivity index (χ0) is 17.6. The fourth-order valence-corrected chi connectivity index (χ4v) is 2.99. The molecule has 0 rings (SSSR count). The third kappa shape index (κ3) is 8.50. The highest BCUT2D eigenvalue weighted by atomic mass is 16.5. The molecule has 2 unspecified atom stereocenters. The lowest BCUT2D eigenvalue weighted by molar-refractivity contribution is -0.131. The first kappa shape index (κ1) is 21.9. The van der Waals surface area contributed by atoms with Crippen molar-refractivity contribution in [3.05, 3.63) is 0 Å². The number of hydrogen-bond acceptors (Lipinski definition) is 3. The summed E-state index contributed by atoms with van der Waals surface area (Å²) in [5, 5.41) is 10.5. The van der Waals surface area contributed by atoms with Crippen LogP contribution in [-0.4, -0.2) is 35.6 Å². The number of aliphatic hydroxyl groups is 1. The van der Waals surface area contributed by atoms with Gasteiger partial charge in [-0.3, -0.25) is 0 Å². The first-order valence-electron chi connectivity index (χ1n) is 8.88. The van der Waals surface area contributed by atoms with E-state index in [-0.39, 0.29) is 23.2 Å². The van der Waals surface area contributed by atoms with Crippen molar-refractivity contribution in [2.24, 2.45) is 11.3 Å². The van der Waals surface area contributed by atoms with Gasteiger partial charge in [-0.15, -0.1) is 0 Å². The van der Waals surface area contributed by atoms with Gasteiger partial charge >= 0.3 is 0 Å². The predicted molar refractivity (Wildman–Crippen MR) is 94.2 cm³/mol. The normalized spacial score (nSPS) is 16.4. The summed E-state index contributed by atoms with van der Waals surface area (Å²) in [4.78, 5) is 0. The predicted octanol–water partition coefficient (Wildman–Crippen LogP) is 4.81. The summed E-state index contributed by atoms with van der Waals surface area (Å²) >= 11 is 0. The third-order valence-electron chi connectivity index (χ3n) is 4.16. The maximum Gasteiger partial charge on any atom is 0.0825 e. The molecule has 1 N–H and O–H groups in total. The molecule has 3 nitrogen and oxygen atoms in total. The Morgan fingerprint density at radius 2 is 1.55 bits per heavy atom. The number of hydrogen-bond donors (Lipinski definition) is 1. The highest BCUT2D eigenvalue weighted by Gasteiger charge is 2.37. The maximum absolute atomic E-state index is 10.5. The minimum atomic E-state index is -0.485. The van der Waals surface area contributed by atoms with Crippen LogP contribution >= 0.6 is 0 Å². The molecule has 0 heterocycles. The lowest BCUT2D eigenvalue weighted by Gasteiger charge is -2.40. The topological polar surface area (TPSA) is 38.7 Å². The Morgan fingerprint density at radius 1 is 1.00 bits per heavy atom. The van der Waals surface area contributed by atoms with Crippen LogP contribution in [0.1, 0.15) is 81.6 Å². The molecule has 0 aromatic carbocycles. The van der Waals surface area contributed by atoms with Crippen molar-refractivity contribution in [3.63, 3.8) is 0 Å². The lowest BCUT2D eigenvalue weighted by Crippen LogP contribution is -2.43. The second kappa shape index (κ2) is 9.24. The van der Waals surface area contributed by atoms with E-state index >= 15 is 0 Å². The summed E-state index contributed by atoms with van der Waals surface area (Å²) in [6.07, 6.45) is 2.95. The van der Waals surface area contributed by atoms with Gasteiger partial charge in [-0.25, -0.2) is 0 Å². The monoisotopic (exact) mass is 316 g/mol.